The van der Waals surface area contributed by atoms with Gasteiger partial charge in [0, 0.05) is 6.54 Å². The average molecular weight is 298 g/mol. The van der Waals surface area contributed by atoms with Crippen LogP contribution in [0, 0.1) is 0 Å². The summed E-state index contributed by atoms with van der Waals surface area (Å²) in [6, 6.07) is 0.786. The van der Waals surface area contributed by atoms with Gasteiger partial charge in [0.15, 0.2) is 5.69 Å². The van der Waals surface area contributed by atoms with E-state index < -0.39 is 41.9 Å². The van der Waals surface area contributed by atoms with Gasteiger partial charge < -0.3 is 10.5 Å². The lowest BCUT2D eigenvalue weighted by Crippen LogP contribution is -2.20. The van der Waals surface area contributed by atoms with Crippen molar-refractivity contribution in [3.63, 3.8) is 0 Å². The Labute approximate surface area is 110 Å². The van der Waals surface area contributed by atoms with Crippen molar-refractivity contribution in [2.75, 3.05) is 6.61 Å². The molecule has 20 heavy (non-hydrogen) atoms. The monoisotopic (exact) mass is 298 g/mol. The first-order valence-corrected chi connectivity index (χ1v) is 5.48. The molecule has 1 aromatic heterocycles. The van der Waals surface area contributed by atoms with Crippen molar-refractivity contribution in [3.8, 4) is 0 Å². The fourth-order valence-electron chi connectivity index (χ4n) is 1.53. The molecule has 0 aliphatic carbocycles. The second-order valence-corrected chi connectivity index (χ2v) is 3.65. The first-order chi connectivity index (χ1) is 9.22. The standard InChI is InChI=1S/C11H11F5N2O2/c1-2-20-10(19)6-3-5(4-17)18-8(11(14,15)16)7(6)9(12)13/h3,9H,2,4,17H2,1H3. The van der Waals surface area contributed by atoms with Gasteiger partial charge in [0.25, 0.3) is 6.43 Å². The molecule has 0 spiro atoms. The summed E-state index contributed by atoms with van der Waals surface area (Å²) in [6.45, 7) is 0.803. The maximum atomic E-state index is 12.9. The van der Waals surface area contributed by atoms with Crippen molar-refractivity contribution >= 4 is 5.97 Å². The van der Waals surface area contributed by atoms with E-state index >= 15 is 0 Å². The van der Waals surface area contributed by atoms with Crippen molar-refractivity contribution < 1.29 is 31.5 Å². The number of carbonyl (C=O) groups is 1. The van der Waals surface area contributed by atoms with E-state index in [0.29, 0.717) is 0 Å². The highest BCUT2D eigenvalue weighted by molar-refractivity contribution is 5.91. The lowest BCUT2D eigenvalue weighted by atomic mass is 10.0. The second kappa shape index (κ2) is 6.12. The highest BCUT2D eigenvalue weighted by Gasteiger charge is 2.40. The van der Waals surface area contributed by atoms with E-state index in [4.69, 9.17) is 5.73 Å². The number of alkyl halides is 5. The van der Waals surface area contributed by atoms with Crippen molar-refractivity contribution in [3.05, 3.63) is 28.6 Å². The molecule has 0 amide bonds. The Kier molecular flexibility index (Phi) is 4.98. The predicted molar refractivity (Wildman–Crippen MR) is 58.0 cm³/mol. The van der Waals surface area contributed by atoms with Crippen LogP contribution in [0.15, 0.2) is 6.07 Å². The molecule has 0 saturated carbocycles. The van der Waals surface area contributed by atoms with Crippen LogP contribution in [-0.4, -0.2) is 17.6 Å². The molecule has 0 atom stereocenters. The summed E-state index contributed by atoms with van der Waals surface area (Å²) in [5, 5.41) is 0. The number of hydrogen-bond donors (Lipinski definition) is 1. The van der Waals surface area contributed by atoms with Crippen molar-refractivity contribution in [1.29, 1.82) is 0 Å². The Morgan fingerprint density at radius 3 is 2.45 bits per heavy atom. The predicted octanol–water partition coefficient (Wildman–Crippen LogP) is 2.67. The summed E-state index contributed by atoms with van der Waals surface area (Å²) < 4.78 is 68.5. The third kappa shape index (κ3) is 3.41. The van der Waals surface area contributed by atoms with E-state index in [1.807, 2.05) is 0 Å². The van der Waals surface area contributed by atoms with E-state index in [0.717, 1.165) is 6.07 Å². The van der Waals surface area contributed by atoms with Crippen LogP contribution in [-0.2, 0) is 17.5 Å². The van der Waals surface area contributed by atoms with Gasteiger partial charge in [0.05, 0.1) is 23.4 Å². The van der Waals surface area contributed by atoms with Gasteiger partial charge in [-0.1, -0.05) is 0 Å². The number of esters is 1. The van der Waals surface area contributed by atoms with Crippen LogP contribution >= 0.6 is 0 Å². The van der Waals surface area contributed by atoms with E-state index in [1.165, 1.54) is 6.92 Å². The van der Waals surface area contributed by atoms with Gasteiger partial charge in [-0.05, 0) is 13.0 Å². The molecule has 0 aliphatic rings. The van der Waals surface area contributed by atoms with Crippen LogP contribution in [0.25, 0.3) is 0 Å². The van der Waals surface area contributed by atoms with Crippen LogP contribution in [0.1, 0.15) is 40.7 Å². The molecule has 2 N–H and O–H groups in total. The van der Waals surface area contributed by atoms with E-state index in [9.17, 15) is 26.7 Å². The minimum atomic E-state index is -5.13. The first kappa shape index (κ1) is 16.3. The zero-order valence-electron chi connectivity index (χ0n) is 10.3. The minimum Gasteiger partial charge on any atom is -0.462 e. The topological polar surface area (TPSA) is 65.2 Å². The molecule has 1 heterocycles. The van der Waals surface area contributed by atoms with E-state index in [-0.39, 0.29) is 12.3 Å². The molecule has 0 aliphatic heterocycles. The quantitative estimate of drug-likeness (QED) is 0.685. The number of hydrogen-bond acceptors (Lipinski definition) is 4. The van der Waals surface area contributed by atoms with Gasteiger partial charge in [-0.3, -0.25) is 0 Å². The zero-order valence-corrected chi connectivity index (χ0v) is 10.3. The largest absolute Gasteiger partial charge is 0.462 e. The molecule has 0 bridgehead atoms. The highest BCUT2D eigenvalue weighted by Crippen LogP contribution is 2.37. The van der Waals surface area contributed by atoms with Gasteiger partial charge >= 0.3 is 12.1 Å². The Hall–Kier alpha value is -1.77. The molecule has 1 aromatic rings. The maximum Gasteiger partial charge on any atom is 0.433 e. The third-order valence-corrected chi connectivity index (χ3v) is 2.30. The number of aromatic nitrogens is 1. The molecule has 0 radical (unpaired) electrons. The van der Waals surface area contributed by atoms with Gasteiger partial charge in [0.1, 0.15) is 0 Å². The number of rotatable bonds is 4. The Bertz CT molecular complexity index is 502. The zero-order chi connectivity index (χ0) is 15.5. The minimum absolute atomic E-state index is 0.164. The number of nitrogens with zero attached hydrogens (tertiary/aromatic N) is 1. The summed E-state index contributed by atoms with van der Waals surface area (Å²) in [5.41, 5.74) is 0.649. The number of pyridine rings is 1. The van der Waals surface area contributed by atoms with Crippen LogP contribution in [0.5, 0.6) is 0 Å². The van der Waals surface area contributed by atoms with Crippen LogP contribution in [0.3, 0.4) is 0 Å². The van der Waals surface area contributed by atoms with Gasteiger partial charge in [-0.25, -0.2) is 18.6 Å². The summed E-state index contributed by atoms with van der Waals surface area (Å²) >= 11 is 0. The lowest BCUT2D eigenvalue weighted by Gasteiger charge is -2.16. The molecule has 4 nitrogen and oxygen atoms in total. The molecule has 0 saturated heterocycles. The summed E-state index contributed by atoms with van der Waals surface area (Å²) in [4.78, 5) is 14.6. The SMILES string of the molecule is CCOC(=O)c1cc(CN)nc(C(F)(F)F)c1C(F)F. The smallest absolute Gasteiger partial charge is 0.433 e. The highest BCUT2D eigenvalue weighted by atomic mass is 19.4. The fraction of sp³-hybridized carbons (Fsp3) is 0.455. The molecule has 112 valence electrons. The van der Waals surface area contributed by atoms with Crippen LogP contribution in [0.2, 0.25) is 0 Å². The summed E-state index contributed by atoms with van der Waals surface area (Å²) in [7, 11) is 0. The summed E-state index contributed by atoms with van der Waals surface area (Å²) in [5.74, 6) is -1.27. The molecule has 1 rings (SSSR count). The first-order valence-electron chi connectivity index (χ1n) is 5.48. The number of carbonyl (C=O) groups excluding carboxylic acids is 1. The Morgan fingerprint density at radius 1 is 1.45 bits per heavy atom. The third-order valence-electron chi connectivity index (χ3n) is 2.30. The molecule has 9 heteroatoms. The van der Waals surface area contributed by atoms with Gasteiger partial charge in [-0.2, -0.15) is 13.2 Å². The number of halogens is 5. The molecular weight excluding hydrogens is 287 g/mol. The fourth-order valence-corrected chi connectivity index (χ4v) is 1.53. The average Bonchev–Trinajstić information content (AvgIpc) is 2.36. The normalized spacial score (nSPS) is 11.8. The van der Waals surface area contributed by atoms with Gasteiger partial charge in [0.2, 0.25) is 0 Å². The molecule has 0 unspecified atom stereocenters. The van der Waals surface area contributed by atoms with E-state index in [1.54, 1.807) is 0 Å². The van der Waals surface area contributed by atoms with E-state index in [2.05, 4.69) is 9.72 Å². The molecule has 0 aromatic carbocycles. The van der Waals surface area contributed by atoms with Crippen molar-refractivity contribution in [2.24, 2.45) is 5.73 Å². The molecule has 0 fully saturated rings. The van der Waals surface area contributed by atoms with Crippen molar-refractivity contribution in [1.82, 2.24) is 4.98 Å². The Morgan fingerprint density at radius 2 is 2.05 bits per heavy atom. The lowest BCUT2D eigenvalue weighted by molar-refractivity contribution is -0.143. The molecular formula is C11H11F5N2O2. The van der Waals surface area contributed by atoms with Crippen molar-refractivity contribution in [2.45, 2.75) is 26.1 Å². The number of nitrogens with two attached hydrogens (primary N) is 1. The van der Waals surface area contributed by atoms with Crippen LogP contribution in [0.4, 0.5) is 22.0 Å². The Balaban J connectivity index is 3.59. The maximum absolute atomic E-state index is 12.9. The second-order valence-electron chi connectivity index (χ2n) is 3.65. The number of ether oxygens (including phenoxy) is 1. The summed E-state index contributed by atoms with van der Waals surface area (Å²) in [6.07, 6.45) is -8.65. The van der Waals surface area contributed by atoms with Crippen LogP contribution < -0.4 is 5.73 Å². The van der Waals surface area contributed by atoms with Gasteiger partial charge in [-0.15, -0.1) is 0 Å².